The minimum absolute atomic E-state index is 0. The molecule has 0 saturated carbocycles. The van der Waals surface area contributed by atoms with Crippen LogP contribution >= 0.6 is 12.4 Å². The molecule has 0 amide bonds. The molecule has 1 aromatic carbocycles. The number of pyridine rings is 1. The van der Waals surface area contributed by atoms with Gasteiger partial charge in [-0.05, 0) is 12.1 Å². The van der Waals surface area contributed by atoms with Crippen molar-refractivity contribution < 1.29 is 0 Å². The predicted molar refractivity (Wildman–Crippen MR) is 65.4 cm³/mol. The van der Waals surface area contributed by atoms with Crippen molar-refractivity contribution in [3.05, 3.63) is 55.0 Å². The summed E-state index contributed by atoms with van der Waals surface area (Å²) < 4.78 is 0. The Morgan fingerprint density at radius 1 is 0.938 bits per heavy atom. The van der Waals surface area contributed by atoms with Crippen molar-refractivity contribution in [3.63, 3.8) is 0 Å². The van der Waals surface area contributed by atoms with Crippen LogP contribution in [-0.2, 0) is 0 Å². The van der Waals surface area contributed by atoms with E-state index in [9.17, 15) is 0 Å². The second-order valence-electron chi connectivity index (χ2n) is 2.86. The molecule has 5 heteroatoms. The van der Waals surface area contributed by atoms with E-state index in [0.29, 0.717) is 0 Å². The zero-order valence-electron chi connectivity index (χ0n) is 8.45. The van der Waals surface area contributed by atoms with Crippen molar-refractivity contribution in [2.24, 2.45) is 0 Å². The topological polar surface area (TPSA) is 54.5 Å². The van der Waals surface area contributed by atoms with Gasteiger partial charge in [0.05, 0.1) is 11.7 Å². The highest BCUT2D eigenvalue weighted by Gasteiger charge is 1.86. The molecule has 0 atom stereocenters. The Labute approximate surface area is 99.1 Å². The number of hydrogen-bond donors (Lipinski definition) is 1. The number of H-pyrrole nitrogens is 1. The molecule has 0 radical (unpaired) electrons. The Bertz CT molecular complexity index is 427. The van der Waals surface area contributed by atoms with E-state index >= 15 is 0 Å². The van der Waals surface area contributed by atoms with Gasteiger partial charge in [-0.15, -0.1) is 17.5 Å². The van der Waals surface area contributed by atoms with Crippen molar-refractivity contribution in [1.29, 1.82) is 0 Å². The molecule has 1 N–H and O–H groups in total. The maximum absolute atomic E-state index is 4.18. The van der Waals surface area contributed by atoms with Crippen molar-refractivity contribution in [1.82, 2.24) is 20.4 Å². The fourth-order valence-electron chi connectivity index (χ4n) is 1.18. The van der Waals surface area contributed by atoms with Crippen LogP contribution in [-0.4, -0.2) is 20.4 Å². The summed E-state index contributed by atoms with van der Waals surface area (Å²) in [6.45, 7) is 0. The van der Waals surface area contributed by atoms with Crippen molar-refractivity contribution in [2.45, 2.75) is 0 Å². The number of nitrogens with zero attached hydrogens (tertiary/aromatic N) is 3. The van der Waals surface area contributed by atoms with E-state index in [2.05, 4.69) is 32.5 Å². The summed E-state index contributed by atoms with van der Waals surface area (Å²) in [5.74, 6) is 0. The molecular formula is C11H11ClN4. The number of aromatic nitrogens is 4. The molecule has 0 aliphatic carbocycles. The van der Waals surface area contributed by atoms with Gasteiger partial charge in [0.25, 0.3) is 0 Å². The van der Waals surface area contributed by atoms with Gasteiger partial charge in [0.2, 0.25) is 0 Å². The van der Waals surface area contributed by atoms with Crippen molar-refractivity contribution in [2.75, 3.05) is 0 Å². The first-order chi connectivity index (χ1) is 7.47. The fraction of sp³-hybridized carbons (Fsp3) is 0. The Kier molecular flexibility index (Phi) is 4.95. The van der Waals surface area contributed by atoms with Crippen LogP contribution in [0.5, 0.6) is 0 Å². The normalized spacial score (nSPS) is 8.75. The summed E-state index contributed by atoms with van der Waals surface area (Å²) in [5, 5.41) is 10.5. The smallest absolute Gasteiger partial charge is 0.0701 e. The third-order valence-corrected chi connectivity index (χ3v) is 1.84. The zero-order valence-corrected chi connectivity index (χ0v) is 9.26. The van der Waals surface area contributed by atoms with Gasteiger partial charge in [-0.25, -0.2) is 0 Å². The number of halogens is 1. The Hall–Kier alpha value is -1.94. The largest absolute Gasteiger partial charge is 0.266 e. The minimum Gasteiger partial charge on any atom is -0.266 e. The molecule has 2 heterocycles. The van der Waals surface area contributed by atoms with E-state index in [-0.39, 0.29) is 12.4 Å². The molecular weight excluding hydrogens is 224 g/mol. The molecule has 0 fully saturated rings. The van der Waals surface area contributed by atoms with Crippen LogP contribution in [0, 0.1) is 0 Å². The minimum atomic E-state index is 0. The average Bonchev–Trinajstić information content (AvgIpc) is 2.88. The second kappa shape index (κ2) is 6.53. The number of hydrogen-bond acceptors (Lipinski definition) is 3. The van der Waals surface area contributed by atoms with Crippen LogP contribution in [0.25, 0.3) is 10.9 Å². The van der Waals surface area contributed by atoms with Gasteiger partial charge in [0.15, 0.2) is 0 Å². The molecule has 2 aromatic heterocycles. The number of para-hydroxylation sites is 1. The number of nitrogens with one attached hydrogen (secondary N) is 1. The second-order valence-corrected chi connectivity index (χ2v) is 2.86. The van der Waals surface area contributed by atoms with E-state index < -0.39 is 0 Å². The lowest BCUT2D eigenvalue weighted by Gasteiger charge is -1.91. The van der Waals surface area contributed by atoms with Crippen LogP contribution in [0.2, 0.25) is 0 Å². The average molecular weight is 235 g/mol. The number of aromatic amines is 1. The third-order valence-electron chi connectivity index (χ3n) is 1.84. The van der Waals surface area contributed by atoms with Gasteiger partial charge < -0.3 is 0 Å². The lowest BCUT2D eigenvalue weighted by atomic mass is 10.2. The monoisotopic (exact) mass is 234 g/mol. The molecule has 0 unspecified atom stereocenters. The molecule has 16 heavy (non-hydrogen) atoms. The van der Waals surface area contributed by atoms with Crippen LogP contribution in [0.4, 0.5) is 0 Å². The third kappa shape index (κ3) is 3.33. The lowest BCUT2D eigenvalue weighted by Crippen LogP contribution is -1.73. The van der Waals surface area contributed by atoms with E-state index in [1.165, 1.54) is 5.39 Å². The van der Waals surface area contributed by atoms with Crippen LogP contribution < -0.4 is 0 Å². The van der Waals surface area contributed by atoms with Gasteiger partial charge >= 0.3 is 0 Å². The maximum atomic E-state index is 4.18. The molecule has 3 rings (SSSR count). The standard InChI is InChI=1S/C9H7N.C2H3N3.ClH/c1-2-6-9-8(4-1)5-3-7-10-9;1-2-4-5-3-1;/h1-7H;1-2H,(H,3,4,5);1H. The summed E-state index contributed by atoms with van der Waals surface area (Å²) in [6.07, 6.45) is 5.04. The van der Waals surface area contributed by atoms with E-state index in [1.54, 1.807) is 12.4 Å². The first kappa shape index (κ1) is 12.1. The molecule has 0 aliphatic rings. The highest BCUT2D eigenvalue weighted by Crippen LogP contribution is 2.07. The van der Waals surface area contributed by atoms with E-state index in [1.807, 2.05) is 30.5 Å². The predicted octanol–water partition coefficient (Wildman–Crippen LogP) is 2.46. The summed E-state index contributed by atoms with van der Waals surface area (Å²) in [7, 11) is 0. The molecule has 82 valence electrons. The first-order valence-corrected chi connectivity index (χ1v) is 4.57. The number of fused-ring (bicyclic) bond motifs is 1. The molecule has 0 bridgehead atoms. The highest BCUT2D eigenvalue weighted by atomic mass is 35.5. The Morgan fingerprint density at radius 3 is 2.38 bits per heavy atom. The van der Waals surface area contributed by atoms with Gasteiger partial charge in [-0.2, -0.15) is 0 Å². The summed E-state index contributed by atoms with van der Waals surface area (Å²) in [5.41, 5.74) is 1.06. The molecule has 4 nitrogen and oxygen atoms in total. The Morgan fingerprint density at radius 2 is 1.75 bits per heavy atom. The van der Waals surface area contributed by atoms with Gasteiger partial charge in [0.1, 0.15) is 0 Å². The molecule has 0 saturated heterocycles. The fourth-order valence-corrected chi connectivity index (χ4v) is 1.18. The summed E-state index contributed by atoms with van der Waals surface area (Å²) in [4.78, 5) is 4.18. The molecule has 0 aliphatic heterocycles. The van der Waals surface area contributed by atoms with Crippen molar-refractivity contribution >= 4 is 23.3 Å². The lowest BCUT2D eigenvalue weighted by molar-refractivity contribution is 0.940. The van der Waals surface area contributed by atoms with E-state index in [0.717, 1.165) is 5.52 Å². The van der Waals surface area contributed by atoms with Crippen molar-refractivity contribution in [3.8, 4) is 0 Å². The van der Waals surface area contributed by atoms with Gasteiger partial charge in [0, 0.05) is 17.8 Å². The SMILES string of the molecule is Cl.c1c[nH]nn1.c1ccc2ncccc2c1. The van der Waals surface area contributed by atoms with Crippen LogP contribution in [0.15, 0.2) is 55.0 Å². The number of rotatable bonds is 0. The Balaban J connectivity index is 0.000000183. The van der Waals surface area contributed by atoms with Gasteiger partial charge in [-0.3, -0.25) is 10.1 Å². The number of benzene rings is 1. The molecule has 0 spiro atoms. The highest BCUT2D eigenvalue weighted by molar-refractivity contribution is 5.85. The first-order valence-electron chi connectivity index (χ1n) is 4.57. The zero-order chi connectivity index (χ0) is 10.3. The van der Waals surface area contributed by atoms with Gasteiger partial charge in [-0.1, -0.05) is 29.5 Å². The van der Waals surface area contributed by atoms with Crippen LogP contribution in [0.1, 0.15) is 0 Å². The van der Waals surface area contributed by atoms with Crippen LogP contribution in [0.3, 0.4) is 0 Å². The maximum Gasteiger partial charge on any atom is 0.0701 e. The van der Waals surface area contributed by atoms with E-state index in [4.69, 9.17) is 0 Å². The quantitative estimate of drug-likeness (QED) is 0.650. The summed E-state index contributed by atoms with van der Waals surface area (Å²) in [6, 6.07) is 12.1. The summed E-state index contributed by atoms with van der Waals surface area (Å²) >= 11 is 0. The molecule has 3 aromatic rings.